The Morgan fingerprint density at radius 1 is 1.44 bits per heavy atom. The van der Waals surface area contributed by atoms with E-state index in [9.17, 15) is 9.59 Å². The first-order chi connectivity index (χ1) is 7.40. The van der Waals surface area contributed by atoms with E-state index in [1.54, 1.807) is 6.92 Å². The lowest BCUT2D eigenvalue weighted by atomic mass is 10.2. The molecule has 0 radical (unpaired) electrons. The molecule has 16 heavy (non-hydrogen) atoms. The van der Waals surface area contributed by atoms with Gasteiger partial charge in [0.1, 0.15) is 6.61 Å². The van der Waals surface area contributed by atoms with Crippen molar-refractivity contribution in [2.45, 2.75) is 26.1 Å². The lowest BCUT2D eigenvalue weighted by molar-refractivity contribution is -0.236. The van der Waals surface area contributed by atoms with Gasteiger partial charge in [0.15, 0.2) is 0 Å². The summed E-state index contributed by atoms with van der Waals surface area (Å²) in [6.45, 7) is 9.04. The van der Waals surface area contributed by atoms with Crippen LogP contribution in [0.1, 0.15) is 20.3 Å². The zero-order valence-corrected chi connectivity index (χ0v) is 9.49. The Balaban J connectivity index is 4.80. The van der Waals surface area contributed by atoms with Crippen molar-refractivity contribution in [3.63, 3.8) is 0 Å². The fraction of sp³-hybridized carbons (Fsp3) is 0.455. The number of ether oxygens (including phenoxy) is 2. The van der Waals surface area contributed by atoms with Crippen LogP contribution in [0.2, 0.25) is 0 Å². The minimum atomic E-state index is -1.67. The van der Waals surface area contributed by atoms with E-state index in [0.29, 0.717) is 0 Å². The number of aliphatic hydroxyl groups is 1. The van der Waals surface area contributed by atoms with Crippen LogP contribution >= 0.6 is 0 Å². The Morgan fingerprint density at radius 2 is 2.00 bits per heavy atom. The van der Waals surface area contributed by atoms with Crippen LogP contribution in [-0.4, -0.2) is 29.4 Å². The van der Waals surface area contributed by atoms with Gasteiger partial charge in [-0.3, -0.25) is 0 Å². The second-order valence-electron chi connectivity index (χ2n) is 3.22. The van der Waals surface area contributed by atoms with Crippen LogP contribution in [0.5, 0.6) is 0 Å². The summed E-state index contributed by atoms with van der Waals surface area (Å²) >= 11 is 0. The van der Waals surface area contributed by atoms with Crippen LogP contribution in [0.25, 0.3) is 0 Å². The van der Waals surface area contributed by atoms with Crippen LogP contribution in [0, 0.1) is 0 Å². The molecular formula is C11H16O5. The number of aliphatic hydroxyl groups excluding tert-OH is 1. The van der Waals surface area contributed by atoms with Crippen molar-refractivity contribution in [1.82, 2.24) is 0 Å². The third-order valence-electron chi connectivity index (χ3n) is 1.86. The highest BCUT2D eigenvalue weighted by Gasteiger charge is 2.35. The normalized spacial score (nSPS) is 13.4. The maximum absolute atomic E-state index is 11.3. The Labute approximate surface area is 94.4 Å². The molecule has 0 bridgehead atoms. The van der Waals surface area contributed by atoms with Crippen molar-refractivity contribution in [3.05, 3.63) is 24.8 Å². The number of hydrogen-bond acceptors (Lipinski definition) is 5. The summed E-state index contributed by atoms with van der Waals surface area (Å²) in [7, 11) is 0. The van der Waals surface area contributed by atoms with Crippen molar-refractivity contribution in [2.24, 2.45) is 0 Å². The fourth-order valence-electron chi connectivity index (χ4n) is 0.823. The average Bonchev–Trinajstić information content (AvgIpc) is 2.27. The zero-order chi connectivity index (χ0) is 12.8. The summed E-state index contributed by atoms with van der Waals surface area (Å²) in [5.74, 6) is -3.17. The fourth-order valence-corrected chi connectivity index (χ4v) is 0.823. The van der Waals surface area contributed by atoms with Crippen molar-refractivity contribution in [3.8, 4) is 0 Å². The number of hydrogen-bond donors (Lipinski definition) is 1. The molecule has 0 heterocycles. The summed E-state index contributed by atoms with van der Waals surface area (Å²) in [4.78, 5) is 22.3. The summed E-state index contributed by atoms with van der Waals surface area (Å²) in [6.07, 6.45) is 1.05. The third-order valence-corrected chi connectivity index (χ3v) is 1.86. The quantitative estimate of drug-likeness (QED) is 0.416. The molecule has 0 aromatic carbocycles. The van der Waals surface area contributed by atoms with Gasteiger partial charge in [0.2, 0.25) is 0 Å². The van der Waals surface area contributed by atoms with Gasteiger partial charge in [-0.2, -0.15) is 0 Å². The van der Waals surface area contributed by atoms with E-state index in [4.69, 9.17) is 14.6 Å². The molecule has 90 valence electrons. The van der Waals surface area contributed by atoms with Gasteiger partial charge < -0.3 is 14.6 Å². The first kappa shape index (κ1) is 14.4. The summed E-state index contributed by atoms with van der Waals surface area (Å²) < 4.78 is 9.71. The molecule has 0 aliphatic heterocycles. The smallest absolute Gasteiger partial charge is 0.336 e. The highest BCUT2D eigenvalue weighted by molar-refractivity contribution is 5.87. The molecule has 1 N–H and O–H groups in total. The Bertz CT molecular complexity index is 301. The monoisotopic (exact) mass is 228 g/mol. The van der Waals surface area contributed by atoms with Gasteiger partial charge in [-0.1, -0.05) is 20.1 Å². The molecule has 5 nitrogen and oxygen atoms in total. The molecule has 0 aliphatic carbocycles. The van der Waals surface area contributed by atoms with Gasteiger partial charge >= 0.3 is 11.9 Å². The molecule has 0 aromatic heterocycles. The number of rotatable bonds is 6. The standard InChI is InChI=1S/C11H16O5/c1-5-9(13)15-11(6-2,7-12)16-10(14)8(3)4/h5,12H,1,3,6-7H2,2,4H3. The average molecular weight is 228 g/mol. The predicted molar refractivity (Wildman–Crippen MR) is 57.3 cm³/mol. The van der Waals surface area contributed by atoms with Gasteiger partial charge in [-0.25, -0.2) is 9.59 Å². The summed E-state index contributed by atoms with van der Waals surface area (Å²) in [5, 5.41) is 9.13. The highest BCUT2D eigenvalue weighted by atomic mass is 16.7. The number of carbonyl (C=O) groups is 2. The van der Waals surface area contributed by atoms with Crippen molar-refractivity contribution < 1.29 is 24.2 Å². The van der Waals surface area contributed by atoms with E-state index in [-0.39, 0.29) is 12.0 Å². The molecule has 0 aromatic rings. The molecular weight excluding hydrogens is 212 g/mol. The minimum Gasteiger partial charge on any atom is -0.417 e. The van der Waals surface area contributed by atoms with E-state index in [2.05, 4.69) is 13.2 Å². The summed E-state index contributed by atoms with van der Waals surface area (Å²) in [5.41, 5.74) is 0.154. The molecule has 0 saturated carbocycles. The molecule has 1 atom stereocenters. The predicted octanol–water partition coefficient (Wildman–Crippen LogP) is 0.933. The molecule has 0 rings (SSSR count). The Hall–Kier alpha value is -1.62. The van der Waals surface area contributed by atoms with E-state index in [1.807, 2.05) is 0 Å². The van der Waals surface area contributed by atoms with Crippen LogP contribution in [0.4, 0.5) is 0 Å². The van der Waals surface area contributed by atoms with Gasteiger partial charge in [0.25, 0.3) is 5.79 Å². The molecule has 0 amide bonds. The van der Waals surface area contributed by atoms with Crippen LogP contribution in [0.15, 0.2) is 24.8 Å². The van der Waals surface area contributed by atoms with E-state index in [0.717, 1.165) is 6.08 Å². The number of carbonyl (C=O) groups excluding carboxylic acids is 2. The van der Waals surface area contributed by atoms with E-state index >= 15 is 0 Å². The van der Waals surface area contributed by atoms with Crippen molar-refractivity contribution in [1.29, 1.82) is 0 Å². The molecule has 0 fully saturated rings. The highest BCUT2D eigenvalue weighted by Crippen LogP contribution is 2.19. The number of esters is 2. The Morgan fingerprint density at radius 3 is 2.31 bits per heavy atom. The molecule has 5 heteroatoms. The summed E-state index contributed by atoms with van der Waals surface area (Å²) in [6, 6.07) is 0. The molecule has 0 saturated heterocycles. The van der Waals surface area contributed by atoms with E-state index < -0.39 is 24.3 Å². The first-order valence-electron chi connectivity index (χ1n) is 4.76. The van der Waals surface area contributed by atoms with Crippen molar-refractivity contribution >= 4 is 11.9 Å². The lowest BCUT2D eigenvalue weighted by Crippen LogP contribution is -2.43. The maximum atomic E-state index is 11.3. The van der Waals surface area contributed by atoms with Crippen molar-refractivity contribution in [2.75, 3.05) is 6.61 Å². The first-order valence-corrected chi connectivity index (χ1v) is 4.76. The van der Waals surface area contributed by atoms with Gasteiger partial charge in [-0.15, -0.1) is 0 Å². The zero-order valence-electron chi connectivity index (χ0n) is 9.49. The third kappa shape index (κ3) is 3.86. The SMILES string of the molecule is C=CC(=O)OC(CC)(CO)OC(=O)C(=C)C. The largest absolute Gasteiger partial charge is 0.417 e. The molecule has 1 unspecified atom stereocenters. The van der Waals surface area contributed by atoms with E-state index in [1.165, 1.54) is 6.92 Å². The Kier molecular flexibility index (Phi) is 5.46. The van der Waals surface area contributed by atoms with Gasteiger partial charge in [0, 0.05) is 18.1 Å². The van der Waals surface area contributed by atoms with Crippen LogP contribution in [0.3, 0.4) is 0 Å². The van der Waals surface area contributed by atoms with Gasteiger partial charge in [0.05, 0.1) is 0 Å². The maximum Gasteiger partial charge on any atom is 0.336 e. The second-order valence-corrected chi connectivity index (χ2v) is 3.22. The van der Waals surface area contributed by atoms with Gasteiger partial charge in [-0.05, 0) is 6.92 Å². The molecule has 0 aliphatic rings. The molecule has 0 spiro atoms. The van der Waals surface area contributed by atoms with Crippen LogP contribution in [-0.2, 0) is 19.1 Å². The second kappa shape index (κ2) is 6.07. The topological polar surface area (TPSA) is 72.8 Å². The minimum absolute atomic E-state index is 0.127. The van der Waals surface area contributed by atoms with Crippen LogP contribution < -0.4 is 0 Å². The lowest BCUT2D eigenvalue weighted by Gasteiger charge is -2.29.